The molecule has 1 rings (SSSR count). The second-order valence-electron chi connectivity index (χ2n) is 3.52. The van der Waals surface area contributed by atoms with E-state index in [-0.39, 0.29) is 0 Å². The van der Waals surface area contributed by atoms with Gasteiger partial charge in [0.2, 0.25) is 0 Å². The Morgan fingerprint density at radius 3 is 2.29 bits per heavy atom. The summed E-state index contributed by atoms with van der Waals surface area (Å²) in [5, 5.41) is 0. The maximum absolute atomic E-state index is 3.08. The van der Waals surface area contributed by atoms with Crippen LogP contribution in [0, 0.1) is 11.8 Å². The first kappa shape index (κ1) is 10.9. The van der Waals surface area contributed by atoms with Crippen LogP contribution < -0.4 is 0 Å². The Kier molecular flexibility index (Phi) is 4.86. The van der Waals surface area contributed by atoms with E-state index in [1.165, 1.54) is 30.4 Å². The van der Waals surface area contributed by atoms with Crippen molar-refractivity contribution in [1.82, 2.24) is 0 Å². The quantitative estimate of drug-likeness (QED) is 0.630. The minimum atomic E-state index is 0.880. The van der Waals surface area contributed by atoms with E-state index < -0.39 is 0 Å². The predicted octanol–water partition coefficient (Wildman–Crippen LogP) is 3.60. The highest BCUT2D eigenvalue weighted by Gasteiger charge is 1.93. The van der Waals surface area contributed by atoms with Gasteiger partial charge in [0.1, 0.15) is 0 Å². The Labute approximate surface area is 87.4 Å². The van der Waals surface area contributed by atoms with E-state index in [1.54, 1.807) is 0 Å². The summed E-state index contributed by atoms with van der Waals surface area (Å²) in [6.07, 6.45) is 4.64. The molecule has 0 aliphatic heterocycles. The van der Waals surface area contributed by atoms with Crippen LogP contribution in [-0.2, 0) is 12.8 Å². The highest BCUT2D eigenvalue weighted by molar-refractivity contribution is 5.25. The highest BCUT2D eigenvalue weighted by atomic mass is 14.0. The van der Waals surface area contributed by atoms with Crippen molar-refractivity contribution in [3.05, 3.63) is 35.4 Å². The zero-order chi connectivity index (χ0) is 10.2. The lowest BCUT2D eigenvalue weighted by Gasteiger charge is -2.00. The maximum Gasteiger partial charge on any atom is 0.0340 e. The van der Waals surface area contributed by atoms with Crippen LogP contribution in [0.25, 0.3) is 0 Å². The first-order chi connectivity index (χ1) is 6.86. The van der Waals surface area contributed by atoms with Crippen LogP contribution >= 0.6 is 0 Å². The van der Waals surface area contributed by atoms with Gasteiger partial charge in [0, 0.05) is 6.42 Å². The minimum Gasteiger partial charge on any atom is -0.106 e. The van der Waals surface area contributed by atoms with Crippen molar-refractivity contribution < 1.29 is 0 Å². The van der Waals surface area contributed by atoms with Crippen molar-refractivity contribution >= 4 is 0 Å². The van der Waals surface area contributed by atoms with E-state index in [9.17, 15) is 0 Å². The Bertz CT molecular complexity index is 308. The molecule has 0 heterocycles. The van der Waals surface area contributed by atoms with E-state index in [0.717, 1.165) is 6.42 Å². The Balaban J connectivity index is 2.53. The van der Waals surface area contributed by atoms with Gasteiger partial charge in [-0.15, -0.1) is 5.92 Å². The molecule has 0 fully saturated rings. The summed E-state index contributed by atoms with van der Waals surface area (Å²) in [5.41, 5.74) is 2.76. The van der Waals surface area contributed by atoms with E-state index in [0.29, 0.717) is 0 Å². The van der Waals surface area contributed by atoms with Gasteiger partial charge >= 0.3 is 0 Å². The molecule has 0 saturated heterocycles. The number of hydrogen-bond acceptors (Lipinski definition) is 0. The fraction of sp³-hybridized carbons (Fsp3) is 0.429. The zero-order valence-electron chi connectivity index (χ0n) is 9.14. The summed E-state index contributed by atoms with van der Waals surface area (Å²) in [7, 11) is 0. The first-order valence-electron chi connectivity index (χ1n) is 5.34. The van der Waals surface area contributed by atoms with E-state index in [1.807, 2.05) is 6.92 Å². The molecule has 0 N–H and O–H groups in total. The summed E-state index contributed by atoms with van der Waals surface area (Å²) in [6.45, 7) is 4.11. The summed E-state index contributed by atoms with van der Waals surface area (Å²) >= 11 is 0. The lowest BCUT2D eigenvalue weighted by molar-refractivity contribution is 0.795. The molecule has 0 amide bonds. The number of hydrogen-bond donors (Lipinski definition) is 0. The Hall–Kier alpha value is -1.22. The van der Waals surface area contributed by atoms with Crippen LogP contribution in [0.15, 0.2) is 24.3 Å². The molecule has 0 atom stereocenters. The van der Waals surface area contributed by atoms with Gasteiger partial charge in [0.15, 0.2) is 0 Å². The van der Waals surface area contributed by atoms with Crippen LogP contribution in [0.1, 0.15) is 37.8 Å². The highest BCUT2D eigenvalue weighted by Crippen LogP contribution is 2.08. The molecule has 0 nitrogen and oxygen atoms in total. The van der Waals surface area contributed by atoms with Crippen molar-refractivity contribution in [2.75, 3.05) is 0 Å². The van der Waals surface area contributed by atoms with Crippen LogP contribution in [0.2, 0.25) is 0 Å². The molecule has 14 heavy (non-hydrogen) atoms. The topological polar surface area (TPSA) is 0 Å². The number of aryl methyl sites for hydroxylation is 1. The van der Waals surface area contributed by atoms with Crippen molar-refractivity contribution in [2.45, 2.75) is 39.5 Å². The summed E-state index contributed by atoms with van der Waals surface area (Å²) in [6, 6.07) is 8.83. The van der Waals surface area contributed by atoms with Crippen LogP contribution in [0.5, 0.6) is 0 Å². The normalized spacial score (nSPS) is 9.29. The standard InChI is InChI=1S/C14H18/c1-3-5-7-13-9-11-14(12-10-13)8-6-4-2/h9-12H,3,5,7-8H2,1-2H3. The summed E-state index contributed by atoms with van der Waals surface area (Å²) < 4.78 is 0. The molecule has 1 aromatic rings. The third-order valence-corrected chi connectivity index (χ3v) is 2.31. The molecule has 0 spiro atoms. The average Bonchev–Trinajstić information content (AvgIpc) is 2.25. The van der Waals surface area contributed by atoms with Crippen molar-refractivity contribution in [1.29, 1.82) is 0 Å². The van der Waals surface area contributed by atoms with Gasteiger partial charge in [-0.05, 0) is 30.9 Å². The van der Waals surface area contributed by atoms with Crippen molar-refractivity contribution in [3.8, 4) is 11.8 Å². The fourth-order valence-electron chi connectivity index (χ4n) is 1.40. The molecule has 0 aromatic heterocycles. The van der Waals surface area contributed by atoms with Gasteiger partial charge < -0.3 is 0 Å². The molecular formula is C14H18. The molecule has 0 unspecified atom stereocenters. The smallest absolute Gasteiger partial charge is 0.0340 e. The first-order valence-corrected chi connectivity index (χ1v) is 5.34. The van der Waals surface area contributed by atoms with Crippen LogP contribution in [-0.4, -0.2) is 0 Å². The van der Waals surface area contributed by atoms with E-state index in [2.05, 4.69) is 43.0 Å². The Morgan fingerprint density at radius 2 is 1.71 bits per heavy atom. The lowest BCUT2D eigenvalue weighted by Crippen LogP contribution is -1.86. The molecule has 0 radical (unpaired) electrons. The molecular weight excluding hydrogens is 168 g/mol. The zero-order valence-corrected chi connectivity index (χ0v) is 9.14. The third kappa shape index (κ3) is 3.66. The summed E-state index contributed by atoms with van der Waals surface area (Å²) in [5.74, 6) is 5.99. The van der Waals surface area contributed by atoms with E-state index >= 15 is 0 Å². The van der Waals surface area contributed by atoms with Gasteiger partial charge in [0.05, 0.1) is 0 Å². The van der Waals surface area contributed by atoms with Gasteiger partial charge in [-0.25, -0.2) is 0 Å². The lowest BCUT2D eigenvalue weighted by atomic mass is 10.1. The number of unbranched alkanes of at least 4 members (excludes halogenated alkanes) is 1. The monoisotopic (exact) mass is 186 g/mol. The largest absolute Gasteiger partial charge is 0.106 e. The van der Waals surface area contributed by atoms with Gasteiger partial charge in [-0.2, -0.15) is 0 Å². The second-order valence-corrected chi connectivity index (χ2v) is 3.52. The number of rotatable bonds is 4. The molecule has 74 valence electrons. The average molecular weight is 186 g/mol. The fourth-order valence-corrected chi connectivity index (χ4v) is 1.40. The maximum atomic E-state index is 3.08. The Morgan fingerprint density at radius 1 is 1.07 bits per heavy atom. The number of benzene rings is 1. The van der Waals surface area contributed by atoms with Crippen LogP contribution in [0.3, 0.4) is 0 Å². The molecule has 0 aliphatic rings. The summed E-state index contributed by atoms with van der Waals surface area (Å²) in [4.78, 5) is 0. The third-order valence-electron chi connectivity index (χ3n) is 2.31. The second kappa shape index (κ2) is 6.27. The van der Waals surface area contributed by atoms with Gasteiger partial charge in [-0.1, -0.05) is 43.5 Å². The molecule has 0 bridgehead atoms. The van der Waals surface area contributed by atoms with Crippen molar-refractivity contribution in [3.63, 3.8) is 0 Å². The SMILES string of the molecule is CC#CCc1ccc(CCCC)cc1. The van der Waals surface area contributed by atoms with Gasteiger partial charge in [0.25, 0.3) is 0 Å². The molecule has 1 aromatic carbocycles. The van der Waals surface area contributed by atoms with Crippen LogP contribution in [0.4, 0.5) is 0 Å². The molecule has 0 heteroatoms. The van der Waals surface area contributed by atoms with E-state index in [4.69, 9.17) is 0 Å². The van der Waals surface area contributed by atoms with Crippen molar-refractivity contribution in [2.24, 2.45) is 0 Å². The predicted molar refractivity (Wildman–Crippen MR) is 62.2 cm³/mol. The molecule has 0 aliphatic carbocycles. The van der Waals surface area contributed by atoms with Gasteiger partial charge in [-0.3, -0.25) is 0 Å². The molecule has 0 saturated carbocycles. The minimum absolute atomic E-state index is 0.880.